The number of halogens is 3. The molecule has 0 aromatic rings. The van der Waals surface area contributed by atoms with Crippen molar-refractivity contribution in [2.45, 2.75) is 19.3 Å². The van der Waals surface area contributed by atoms with Crippen molar-refractivity contribution < 1.29 is 8.78 Å². The van der Waals surface area contributed by atoms with Crippen LogP contribution in [0, 0.1) is 0 Å². The number of unbranched alkanes of at least 4 members (excludes halogenated alkanes) is 1. The molecule has 0 saturated carbocycles. The summed E-state index contributed by atoms with van der Waals surface area (Å²) in [6.45, 7) is 4.03. The first kappa shape index (κ1) is 18.0. The molecule has 0 aliphatic carbocycles. The molecule has 96 valence electrons. The summed E-state index contributed by atoms with van der Waals surface area (Å²) in [5.74, 6) is 0.499. The fraction of sp³-hybridized carbons (Fsp3) is 0.700. The molecule has 0 saturated heterocycles. The Morgan fingerprint density at radius 3 is 2.62 bits per heavy atom. The molecule has 0 aromatic heterocycles. The smallest absolute Gasteiger partial charge is 0.255 e. The Morgan fingerprint density at radius 2 is 2.19 bits per heavy atom. The third-order valence-corrected chi connectivity index (χ3v) is 1.89. The molecule has 0 unspecified atom stereocenters. The maximum atomic E-state index is 12.0. The van der Waals surface area contributed by atoms with Crippen LogP contribution in [0.5, 0.6) is 0 Å². The van der Waals surface area contributed by atoms with E-state index in [1.165, 1.54) is 0 Å². The molecule has 0 aromatic carbocycles. The molecule has 0 aliphatic heterocycles. The van der Waals surface area contributed by atoms with Crippen molar-refractivity contribution in [3.63, 3.8) is 0 Å². The molecule has 16 heavy (non-hydrogen) atoms. The molecule has 0 amide bonds. The topological polar surface area (TPSA) is 27.6 Å². The Bertz CT molecular complexity index is 210. The second-order valence-electron chi connectivity index (χ2n) is 3.17. The Hall–Kier alpha value is -0.400. The highest BCUT2D eigenvalue weighted by Gasteiger charge is 2.07. The molecule has 0 fully saturated rings. The minimum atomic E-state index is -2.36. The first-order chi connectivity index (χ1) is 7.11. The molecule has 1 N–H and O–H groups in total. The number of alkyl halides is 2. The van der Waals surface area contributed by atoms with Crippen molar-refractivity contribution in [2.75, 3.05) is 27.2 Å². The van der Waals surface area contributed by atoms with Crippen molar-refractivity contribution in [1.82, 2.24) is 10.2 Å². The largest absolute Gasteiger partial charge is 0.351 e. The van der Waals surface area contributed by atoms with Crippen LogP contribution >= 0.6 is 24.0 Å². The van der Waals surface area contributed by atoms with E-state index >= 15 is 0 Å². The van der Waals surface area contributed by atoms with Crippen LogP contribution in [0.25, 0.3) is 0 Å². The fourth-order valence-electron chi connectivity index (χ4n) is 1.13. The third-order valence-electron chi connectivity index (χ3n) is 1.89. The highest BCUT2D eigenvalue weighted by atomic mass is 127. The van der Waals surface area contributed by atoms with E-state index in [4.69, 9.17) is 0 Å². The van der Waals surface area contributed by atoms with Gasteiger partial charge in [-0.2, -0.15) is 0 Å². The van der Waals surface area contributed by atoms with Gasteiger partial charge in [-0.15, -0.1) is 30.6 Å². The van der Waals surface area contributed by atoms with Gasteiger partial charge >= 0.3 is 0 Å². The van der Waals surface area contributed by atoms with E-state index in [0.717, 1.165) is 19.4 Å². The van der Waals surface area contributed by atoms with Crippen LogP contribution in [0.1, 0.15) is 12.8 Å². The second-order valence-corrected chi connectivity index (χ2v) is 3.17. The van der Waals surface area contributed by atoms with Crippen molar-refractivity contribution in [3.05, 3.63) is 12.7 Å². The van der Waals surface area contributed by atoms with Crippen LogP contribution in [0.2, 0.25) is 0 Å². The molecular weight excluding hydrogens is 327 g/mol. The van der Waals surface area contributed by atoms with Crippen LogP contribution in [-0.4, -0.2) is 44.5 Å². The maximum Gasteiger partial charge on any atom is 0.255 e. The zero-order chi connectivity index (χ0) is 11.7. The predicted octanol–water partition coefficient (Wildman–Crippen LogP) is 2.34. The number of hydrogen-bond donors (Lipinski definition) is 1. The second kappa shape index (κ2) is 11.1. The highest BCUT2D eigenvalue weighted by Crippen LogP contribution is 1.95. The van der Waals surface area contributed by atoms with E-state index < -0.39 is 6.43 Å². The van der Waals surface area contributed by atoms with Crippen molar-refractivity contribution in [3.8, 4) is 0 Å². The number of allylic oxidation sites excluding steroid dienone is 1. The molecule has 3 nitrogen and oxygen atoms in total. The number of nitrogens with one attached hydrogen (secondary N) is 1. The van der Waals surface area contributed by atoms with Gasteiger partial charge in [0.25, 0.3) is 6.43 Å². The summed E-state index contributed by atoms with van der Waals surface area (Å²) in [4.78, 5) is 5.74. The molecule has 0 heterocycles. The Morgan fingerprint density at radius 1 is 1.56 bits per heavy atom. The lowest BCUT2D eigenvalue weighted by atomic mass is 10.3. The lowest BCUT2D eigenvalue weighted by Gasteiger charge is -2.21. The minimum Gasteiger partial charge on any atom is -0.351 e. The monoisotopic (exact) mass is 347 g/mol. The van der Waals surface area contributed by atoms with Gasteiger partial charge in [0.15, 0.2) is 5.96 Å². The Balaban J connectivity index is 0. The molecule has 6 heteroatoms. The van der Waals surface area contributed by atoms with Crippen LogP contribution in [0.4, 0.5) is 8.78 Å². The average molecular weight is 347 g/mol. The van der Waals surface area contributed by atoms with Gasteiger partial charge in [0, 0.05) is 20.6 Å². The minimum absolute atomic E-state index is 0. The zero-order valence-corrected chi connectivity index (χ0v) is 12.1. The fourth-order valence-corrected chi connectivity index (χ4v) is 1.13. The van der Waals surface area contributed by atoms with Gasteiger partial charge in [-0.05, 0) is 12.8 Å². The first-order valence-electron chi connectivity index (χ1n) is 4.92. The number of nitrogens with zero attached hydrogens (tertiary/aromatic N) is 2. The zero-order valence-electron chi connectivity index (χ0n) is 9.75. The third kappa shape index (κ3) is 8.87. The van der Waals surface area contributed by atoms with E-state index in [9.17, 15) is 8.78 Å². The summed E-state index contributed by atoms with van der Waals surface area (Å²) in [7, 11) is 3.40. The summed E-state index contributed by atoms with van der Waals surface area (Å²) >= 11 is 0. The van der Waals surface area contributed by atoms with E-state index in [1.54, 1.807) is 7.05 Å². The molecule has 0 spiro atoms. The van der Waals surface area contributed by atoms with Crippen LogP contribution in [-0.2, 0) is 0 Å². The first-order valence-corrected chi connectivity index (χ1v) is 4.92. The Kier molecular flexibility index (Phi) is 12.5. The van der Waals surface area contributed by atoms with Crippen molar-refractivity contribution in [2.24, 2.45) is 4.99 Å². The summed E-state index contributed by atoms with van der Waals surface area (Å²) in [5.41, 5.74) is 0. The van der Waals surface area contributed by atoms with Gasteiger partial charge in [0.05, 0.1) is 6.54 Å². The SMILES string of the molecule is C=CCCCN(C)C(=NC)NCC(F)F.I. The summed E-state index contributed by atoms with van der Waals surface area (Å²) in [6.07, 6.45) is 1.33. The summed E-state index contributed by atoms with van der Waals surface area (Å²) in [6, 6.07) is 0. The highest BCUT2D eigenvalue weighted by molar-refractivity contribution is 14.0. The Labute approximate surface area is 113 Å². The van der Waals surface area contributed by atoms with Gasteiger partial charge in [-0.1, -0.05) is 6.08 Å². The van der Waals surface area contributed by atoms with Gasteiger partial charge in [-0.25, -0.2) is 8.78 Å². The lowest BCUT2D eigenvalue weighted by Crippen LogP contribution is -2.41. The van der Waals surface area contributed by atoms with Gasteiger partial charge in [-0.3, -0.25) is 4.99 Å². The van der Waals surface area contributed by atoms with Gasteiger partial charge in [0.1, 0.15) is 0 Å². The molecule has 0 bridgehead atoms. The summed E-state index contributed by atoms with van der Waals surface area (Å²) < 4.78 is 23.9. The predicted molar refractivity (Wildman–Crippen MR) is 74.8 cm³/mol. The molecule has 0 atom stereocenters. The summed E-state index contributed by atoms with van der Waals surface area (Å²) in [5, 5.41) is 2.60. The number of hydrogen-bond acceptors (Lipinski definition) is 1. The maximum absolute atomic E-state index is 12.0. The standard InChI is InChI=1S/C10H19F2N3.HI/c1-4-5-6-7-15(3)10(13-2)14-8-9(11)12;/h4,9H,1,5-8H2,2-3H3,(H,13,14);1H. The number of guanidine groups is 1. The quantitative estimate of drug-likeness (QED) is 0.263. The van der Waals surface area contributed by atoms with Crippen molar-refractivity contribution in [1.29, 1.82) is 0 Å². The number of aliphatic imine (C=N–C) groups is 1. The molecule has 0 radical (unpaired) electrons. The van der Waals surface area contributed by atoms with Crippen LogP contribution < -0.4 is 5.32 Å². The van der Waals surface area contributed by atoms with E-state index in [0.29, 0.717) is 5.96 Å². The molecule has 0 rings (SSSR count). The van der Waals surface area contributed by atoms with E-state index in [1.807, 2.05) is 18.0 Å². The van der Waals surface area contributed by atoms with Gasteiger partial charge < -0.3 is 10.2 Å². The van der Waals surface area contributed by atoms with Crippen LogP contribution in [0.15, 0.2) is 17.6 Å². The molecular formula is C10H20F2IN3. The lowest BCUT2D eigenvalue weighted by molar-refractivity contribution is 0.151. The normalized spacial score (nSPS) is 10.9. The molecule has 0 aliphatic rings. The van der Waals surface area contributed by atoms with Crippen molar-refractivity contribution >= 4 is 29.9 Å². The van der Waals surface area contributed by atoms with E-state index in [2.05, 4.69) is 16.9 Å². The average Bonchev–Trinajstić information content (AvgIpc) is 2.18. The van der Waals surface area contributed by atoms with Crippen LogP contribution in [0.3, 0.4) is 0 Å². The van der Waals surface area contributed by atoms with Gasteiger partial charge in [0.2, 0.25) is 0 Å². The number of rotatable bonds is 6. The van der Waals surface area contributed by atoms with E-state index in [-0.39, 0.29) is 30.5 Å².